The summed E-state index contributed by atoms with van der Waals surface area (Å²) in [4.78, 5) is 20.7. The molecule has 6 heteroatoms. The Morgan fingerprint density at radius 1 is 1.43 bits per heavy atom. The van der Waals surface area contributed by atoms with Crippen molar-refractivity contribution >= 4 is 11.6 Å². The molecule has 1 fully saturated rings. The van der Waals surface area contributed by atoms with Crippen LogP contribution in [-0.4, -0.2) is 73.7 Å². The van der Waals surface area contributed by atoms with Crippen LogP contribution in [0, 0.1) is 0 Å². The molecular weight excluding hydrogens is 292 g/mol. The van der Waals surface area contributed by atoms with Crippen LogP contribution in [0.15, 0.2) is 18.3 Å². The van der Waals surface area contributed by atoms with E-state index < -0.39 is 0 Å². The molecule has 0 unspecified atom stereocenters. The summed E-state index contributed by atoms with van der Waals surface area (Å²) in [6.45, 7) is 8.33. The third kappa shape index (κ3) is 5.80. The van der Waals surface area contributed by atoms with Gasteiger partial charge in [-0.1, -0.05) is 13.3 Å². The number of nitrogens with one attached hydrogen (secondary N) is 1. The van der Waals surface area contributed by atoms with E-state index in [0.717, 1.165) is 64.5 Å². The van der Waals surface area contributed by atoms with Crippen molar-refractivity contribution < 1.29 is 9.53 Å². The normalized spacial score (nSPS) is 15.4. The van der Waals surface area contributed by atoms with Gasteiger partial charge >= 0.3 is 0 Å². The molecule has 1 aliphatic heterocycles. The Morgan fingerprint density at radius 3 is 2.96 bits per heavy atom. The van der Waals surface area contributed by atoms with E-state index in [2.05, 4.69) is 22.1 Å². The summed E-state index contributed by atoms with van der Waals surface area (Å²) in [6, 6.07) is 3.74. The summed E-state index contributed by atoms with van der Waals surface area (Å²) in [5.74, 6) is -0.0183. The summed E-state index contributed by atoms with van der Waals surface area (Å²) in [5, 5.41) is 3.38. The summed E-state index contributed by atoms with van der Waals surface area (Å²) in [7, 11) is 1.83. The van der Waals surface area contributed by atoms with Crippen LogP contribution in [-0.2, 0) is 4.74 Å². The van der Waals surface area contributed by atoms with Gasteiger partial charge in [-0.05, 0) is 18.6 Å². The molecule has 1 saturated heterocycles. The van der Waals surface area contributed by atoms with Crippen LogP contribution in [0.25, 0.3) is 0 Å². The molecule has 1 amide bonds. The third-order valence-electron chi connectivity index (χ3n) is 4.03. The highest BCUT2D eigenvalue weighted by Crippen LogP contribution is 2.10. The maximum Gasteiger partial charge on any atom is 0.272 e. The van der Waals surface area contributed by atoms with Crippen LogP contribution >= 0.6 is 0 Å². The van der Waals surface area contributed by atoms with Gasteiger partial charge in [-0.15, -0.1) is 0 Å². The molecular formula is C17H28N4O2. The van der Waals surface area contributed by atoms with Crippen LogP contribution in [0.2, 0.25) is 0 Å². The Kier molecular flexibility index (Phi) is 7.29. The largest absolute Gasteiger partial charge is 0.384 e. The zero-order chi connectivity index (χ0) is 16.5. The number of morpholine rings is 1. The topological polar surface area (TPSA) is 57.7 Å². The molecule has 0 atom stereocenters. The molecule has 2 rings (SSSR count). The van der Waals surface area contributed by atoms with Gasteiger partial charge in [0, 0.05) is 51.7 Å². The number of unbranched alkanes of at least 4 members (excludes halogenated alkanes) is 1. The Bertz CT molecular complexity index is 489. The number of rotatable bonds is 8. The third-order valence-corrected chi connectivity index (χ3v) is 4.03. The zero-order valence-electron chi connectivity index (χ0n) is 14.3. The van der Waals surface area contributed by atoms with E-state index in [0.29, 0.717) is 5.69 Å². The van der Waals surface area contributed by atoms with E-state index in [1.165, 1.54) is 0 Å². The maximum absolute atomic E-state index is 12.3. The Morgan fingerprint density at radius 2 is 2.22 bits per heavy atom. The van der Waals surface area contributed by atoms with Crippen molar-refractivity contribution in [2.75, 3.05) is 58.3 Å². The maximum atomic E-state index is 12.3. The van der Waals surface area contributed by atoms with Crippen molar-refractivity contribution in [2.45, 2.75) is 19.8 Å². The van der Waals surface area contributed by atoms with Crippen molar-refractivity contribution in [3.05, 3.63) is 24.0 Å². The highest BCUT2D eigenvalue weighted by Gasteiger charge is 2.13. The fraction of sp³-hybridized carbons (Fsp3) is 0.647. The van der Waals surface area contributed by atoms with E-state index in [9.17, 15) is 4.79 Å². The second-order valence-corrected chi connectivity index (χ2v) is 5.89. The van der Waals surface area contributed by atoms with Gasteiger partial charge < -0.3 is 15.0 Å². The van der Waals surface area contributed by atoms with Gasteiger partial charge in [0.15, 0.2) is 0 Å². The molecule has 1 aromatic heterocycles. The number of anilines is 1. The first-order valence-corrected chi connectivity index (χ1v) is 8.46. The number of amides is 1. The van der Waals surface area contributed by atoms with E-state index in [1.807, 2.05) is 19.2 Å². The lowest BCUT2D eigenvalue weighted by atomic mass is 10.2. The lowest BCUT2D eigenvalue weighted by molar-refractivity contribution is 0.0398. The average molecular weight is 320 g/mol. The van der Waals surface area contributed by atoms with Crippen LogP contribution in [0.4, 0.5) is 5.69 Å². The van der Waals surface area contributed by atoms with Crippen LogP contribution in [0.3, 0.4) is 0 Å². The minimum Gasteiger partial charge on any atom is -0.384 e. The number of carbonyl (C=O) groups excluding carboxylic acids is 1. The summed E-state index contributed by atoms with van der Waals surface area (Å²) in [5.41, 5.74) is 1.44. The molecule has 1 aliphatic rings. The Hall–Kier alpha value is -1.66. The number of nitrogens with zero attached hydrogens (tertiary/aromatic N) is 3. The minimum atomic E-state index is -0.0183. The van der Waals surface area contributed by atoms with Gasteiger partial charge in [-0.3, -0.25) is 14.7 Å². The van der Waals surface area contributed by atoms with Crippen LogP contribution in [0.5, 0.6) is 0 Å². The van der Waals surface area contributed by atoms with Gasteiger partial charge in [-0.25, -0.2) is 0 Å². The second-order valence-electron chi connectivity index (χ2n) is 5.89. The number of hydrogen-bond acceptors (Lipinski definition) is 5. The highest BCUT2D eigenvalue weighted by atomic mass is 16.5. The predicted molar refractivity (Wildman–Crippen MR) is 91.9 cm³/mol. The van der Waals surface area contributed by atoms with E-state index >= 15 is 0 Å². The average Bonchev–Trinajstić information content (AvgIpc) is 2.60. The molecule has 0 bridgehead atoms. The molecule has 0 aromatic carbocycles. The fourth-order valence-corrected chi connectivity index (χ4v) is 2.53. The van der Waals surface area contributed by atoms with Crippen LogP contribution in [0.1, 0.15) is 30.3 Å². The number of ether oxygens (including phenoxy) is 1. The molecule has 2 heterocycles. The lowest BCUT2D eigenvalue weighted by Gasteiger charge is -2.26. The van der Waals surface area contributed by atoms with Crippen molar-refractivity contribution in [3.8, 4) is 0 Å². The van der Waals surface area contributed by atoms with E-state index in [4.69, 9.17) is 4.74 Å². The molecule has 23 heavy (non-hydrogen) atoms. The highest BCUT2D eigenvalue weighted by molar-refractivity contribution is 5.92. The van der Waals surface area contributed by atoms with Crippen molar-refractivity contribution in [1.29, 1.82) is 0 Å². The first-order valence-electron chi connectivity index (χ1n) is 8.46. The molecule has 1 aromatic rings. The smallest absolute Gasteiger partial charge is 0.272 e. The quantitative estimate of drug-likeness (QED) is 0.790. The molecule has 1 N–H and O–H groups in total. The number of hydrogen-bond donors (Lipinski definition) is 1. The summed E-state index contributed by atoms with van der Waals surface area (Å²) in [6.07, 6.45) is 3.78. The van der Waals surface area contributed by atoms with Gasteiger partial charge in [0.1, 0.15) is 5.69 Å². The van der Waals surface area contributed by atoms with E-state index in [1.54, 1.807) is 11.1 Å². The standard InChI is InChI=1S/C17H28N4O2/c1-3-4-8-20(2)17(22)16-14-15(5-6-19-16)18-7-9-21-10-12-23-13-11-21/h5-6,14H,3-4,7-13H2,1-2H3,(H,18,19). The van der Waals surface area contributed by atoms with Gasteiger partial charge in [0.25, 0.3) is 5.91 Å². The van der Waals surface area contributed by atoms with Gasteiger partial charge in [0.2, 0.25) is 0 Å². The Labute approximate surface area is 138 Å². The van der Waals surface area contributed by atoms with Crippen molar-refractivity contribution in [3.63, 3.8) is 0 Å². The zero-order valence-corrected chi connectivity index (χ0v) is 14.3. The molecule has 128 valence electrons. The molecule has 0 aliphatic carbocycles. The van der Waals surface area contributed by atoms with Crippen molar-refractivity contribution in [2.24, 2.45) is 0 Å². The van der Waals surface area contributed by atoms with Gasteiger partial charge in [-0.2, -0.15) is 0 Å². The molecule has 0 radical (unpaired) electrons. The van der Waals surface area contributed by atoms with E-state index in [-0.39, 0.29) is 5.91 Å². The molecule has 0 saturated carbocycles. The predicted octanol–water partition coefficient (Wildman–Crippen LogP) is 1.70. The fourth-order valence-electron chi connectivity index (χ4n) is 2.53. The SMILES string of the molecule is CCCCN(C)C(=O)c1cc(NCCN2CCOCC2)ccn1. The van der Waals surface area contributed by atoms with Crippen LogP contribution < -0.4 is 5.32 Å². The lowest BCUT2D eigenvalue weighted by Crippen LogP contribution is -2.39. The monoisotopic (exact) mass is 320 g/mol. The summed E-state index contributed by atoms with van der Waals surface area (Å²) < 4.78 is 5.34. The first-order chi connectivity index (χ1) is 11.2. The number of carbonyl (C=O) groups is 1. The van der Waals surface area contributed by atoms with Crippen molar-refractivity contribution in [1.82, 2.24) is 14.8 Å². The Balaban J connectivity index is 1.82. The second kappa shape index (κ2) is 9.47. The number of pyridine rings is 1. The molecule has 0 spiro atoms. The minimum absolute atomic E-state index is 0.0183. The first kappa shape index (κ1) is 17.7. The van der Waals surface area contributed by atoms with Gasteiger partial charge in [0.05, 0.1) is 13.2 Å². The molecule has 6 nitrogen and oxygen atoms in total. The summed E-state index contributed by atoms with van der Waals surface area (Å²) >= 11 is 0. The number of aromatic nitrogens is 1.